The van der Waals surface area contributed by atoms with Gasteiger partial charge in [-0.1, -0.05) is 18.6 Å². The second kappa shape index (κ2) is 4.56. The predicted molar refractivity (Wildman–Crippen MR) is 66.4 cm³/mol. The summed E-state index contributed by atoms with van der Waals surface area (Å²) < 4.78 is 0. The van der Waals surface area contributed by atoms with Crippen molar-refractivity contribution in [3.8, 4) is 0 Å². The van der Waals surface area contributed by atoms with Gasteiger partial charge in [-0.2, -0.15) is 0 Å². The van der Waals surface area contributed by atoms with E-state index in [-0.39, 0.29) is 11.7 Å². The van der Waals surface area contributed by atoms with Crippen molar-refractivity contribution in [2.45, 2.75) is 33.6 Å². The first kappa shape index (κ1) is 12.8. The summed E-state index contributed by atoms with van der Waals surface area (Å²) in [6, 6.07) is 0. The van der Waals surface area contributed by atoms with Crippen LogP contribution in [0.3, 0.4) is 0 Å². The van der Waals surface area contributed by atoms with Crippen molar-refractivity contribution in [3.05, 3.63) is 34.4 Å². The summed E-state index contributed by atoms with van der Waals surface area (Å²) in [5.41, 5.74) is 3.70. The van der Waals surface area contributed by atoms with E-state index in [0.29, 0.717) is 0 Å². The van der Waals surface area contributed by atoms with Gasteiger partial charge in [-0.05, 0) is 49.8 Å². The minimum absolute atomic E-state index is 0.0537. The summed E-state index contributed by atoms with van der Waals surface area (Å²) in [5.74, 6) is -1.55. The molecule has 0 aliphatic heterocycles. The van der Waals surface area contributed by atoms with E-state index in [1.54, 1.807) is 13.0 Å². The fraction of sp³-hybridized carbons (Fsp3) is 0.467. The minimum atomic E-state index is -1.02. The van der Waals surface area contributed by atoms with Gasteiger partial charge in [0.1, 0.15) is 0 Å². The number of aliphatic carboxylic acids is 1. The third-order valence-electron chi connectivity index (χ3n) is 3.96. The maximum Gasteiger partial charge on any atom is 0.186 e. The Bertz CT molecular complexity index is 506. The van der Waals surface area contributed by atoms with Crippen molar-refractivity contribution >= 4 is 11.8 Å². The number of carboxylic acid groups (broad SMARTS) is 1. The maximum absolute atomic E-state index is 11.9. The zero-order chi connectivity index (χ0) is 13.4. The van der Waals surface area contributed by atoms with Crippen LogP contribution in [0.15, 0.2) is 34.4 Å². The lowest BCUT2D eigenvalue weighted by Gasteiger charge is -2.21. The average molecular weight is 245 g/mol. The molecule has 3 nitrogen and oxygen atoms in total. The molecule has 2 aliphatic rings. The number of fused-ring (bicyclic) bond motifs is 1. The number of carbonyl (C=O) groups is 2. The molecule has 0 radical (unpaired) electrons. The molecule has 0 aromatic heterocycles. The van der Waals surface area contributed by atoms with E-state index in [1.807, 2.05) is 19.9 Å². The molecule has 2 aliphatic carbocycles. The molecule has 0 bridgehead atoms. The summed E-state index contributed by atoms with van der Waals surface area (Å²) >= 11 is 0. The first-order valence-corrected chi connectivity index (χ1v) is 6.27. The van der Waals surface area contributed by atoms with Gasteiger partial charge in [-0.3, -0.25) is 4.79 Å². The standard InChI is InChI=1S/C15H18O3/c1-8-4-5-11(10(3)15(17)18)7-12-9(2)6-13(16)14(8)12/h6-7,10-11H,4-5H2,1-3H3,(H,17,18)/p-1/t10-,11+/m1/s1. The zero-order valence-electron chi connectivity index (χ0n) is 10.9. The third-order valence-corrected chi connectivity index (χ3v) is 3.96. The number of hydrogen-bond acceptors (Lipinski definition) is 3. The fourth-order valence-electron chi connectivity index (χ4n) is 2.71. The van der Waals surface area contributed by atoms with Gasteiger partial charge in [0.25, 0.3) is 0 Å². The average Bonchev–Trinajstić information content (AvgIpc) is 2.48. The summed E-state index contributed by atoms with van der Waals surface area (Å²) in [7, 11) is 0. The van der Waals surface area contributed by atoms with Crippen molar-refractivity contribution in [1.82, 2.24) is 0 Å². The quantitative estimate of drug-likeness (QED) is 0.741. The molecule has 0 fully saturated rings. The lowest BCUT2D eigenvalue weighted by Crippen LogP contribution is -2.33. The predicted octanol–water partition coefficient (Wildman–Crippen LogP) is 1.55. The number of allylic oxidation sites excluding steroid dienone is 6. The maximum atomic E-state index is 11.9. The van der Waals surface area contributed by atoms with E-state index in [2.05, 4.69) is 0 Å². The van der Waals surface area contributed by atoms with Gasteiger partial charge in [0.2, 0.25) is 0 Å². The van der Waals surface area contributed by atoms with Gasteiger partial charge in [0, 0.05) is 17.5 Å². The normalized spacial score (nSPS) is 25.3. The molecule has 0 N–H and O–H groups in total. The molecule has 0 unspecified atom stereocenters. The van der Waals surface area contributed by atoms with E-state index >= 15 is 0 Å². The Morgan fingerprint density at radius 1 is 1.44 bits per heavy atom. The Morgan fingerprint density at radius 3 is 2.72 bits per heavy atom. The third kappa shape index (κ3) is 2.05. The molecular formula is C15H17O3-. The van der Waals surface area contributed by atoms with Gasteiger partial charge in [-0.25, -0.2) is 0 Å². The Labute approximate surface area is 107 Å². The van der Waals surface area contributed by atoms with Gasteiger partial charge < -0.3 is 9.90 Å². The minimum Gasteiger partial charge on any atom is -0.550 e. The van der Waals surface area contributed by atoms with Crippen LogP contribution in [0.5, 0.6) is 0 Å². The van der Waals surface area contributed by atoms with Crippen LogP contribution in [0.2, 0.25) is 0 Å². The molecule has 3 heteroatoms. The van der Waals surface area contributed by atoms with Crippen LogP contribution in [0.1, 0.15) is 33.6 Å². The molecule has 0 aromatic rings. The fourth-order valence-corrected chi connectivity index (χ4v) is 2.71. The number of ketones is 1. The van der Waals surface area contributed by atoms with Crippen molar-refractivity contribution < 1.29 is 14.7 Å². The topological polar surface area (TPSA) is 57.2 Å². The molecule has 0 heterocycles. The van der Waals surface area contributed by atoms with E-state index in [9.17, 15) is 14.7 Å². The highest BCUT2D eigenvalue weighted by Gasteiger charge is 2.29. The molecule has 0 saturated heterocycles. The first-order valence-electron chi connectivity index (χ1n) is 6.27. The smallest absolute Gasteiger partial charge is 0.186 e. The second-order valence-electron chi connectivity index (χ2n) is 5.24. The summed E-state index contributed by atoms with van der Waals surface area (Å²) in [4.78, 5) is 22.9. The number of carboxylic acids is 1. The molecule has 0 amide bonds. The summed E-state index contributed by atoms with van der Waals surface area (Å²) in [5, 5.41) is 11.0. The van der Waals surface area contributed by atoms with Crippen molar-refractivity contribution in [2.75, 3.05) is 0 Å². The molecule has 0 saturated carbocycles. The van der Waals surface area contributed by atoms with Crippen molar-refractivity contribution in [2.24, 2.45) is 11.8 Å². The zero-order valence-corrected chi connectivity index (χ0v) is 10.9. The molecule has 18 heavy (non-hydrogen) atoms. The van der Waals surface area contributed by atoms with Crippen molar-refractivity contribution in [1.29, 1.82) is 0 Å². The van der Waals surface area contributed by atoms with Gasteiger partial charge in [0.05, 0.1) is 0 Å². The summed E-state index contributed by atoms with van der Waals surface area (Å²) in [6.07, 6.45) is 5.11. The lowest BCUT2D eigenvalue weighted by molar-refractivity contribution is -0.312. The van der Waals surface area contributed by atoms with E-state index in [4.69, 9.17) is 0 Å². The van der Waals surface area contributed by atoms with Crippen molar-refractivity contribution in [3.63, 3.8) is 0 Å². The molecule has 2 atom stereocenters. The van der Waals surface area contributed by atoms with Gasteiger partial charge >= 0.3 is 0 Å². The van der Waals surface area contributed by atoms with Crippen LogP contribution in [0.25, 0.3) is 0 Å². The highest BCUT2D eigenvalue weighted by Crippen LogP contribution is 2.38. The largest absolute Gasteiger partial charge is 0.550 e. The Hall–Kier alpha value is -1.64. The van der Waals surface area contributed by atoms with Crippen LogP contribution in [0.4, 0.5) is 0 Å². The summed E-state index contributed by atoms with van der Waals surface area (Å²) in [6.45, 7) is 5.53. The molecular weight excluding hydrogens is 228 g/mol. The second-order valence-corrected chi connectivity index (χ2v) is 5.24. The SMILES string of the molecule is CC1=CC(=O)C2=C(C)CC[C@H]([C@@H](C)C(=O)[O-])C=C12. The van der Waals surface area contributed by atoms with Crippen LogP contribution >= 0.6 is 0 Å². The van der Waals surface area contributed by atoms with Gasteiger partial charge in [0.15, 0.2) is 5.78 Å². The highest BCUT2D eigenvalue weighted by molar-refractivity contribution is 6.13. The van der Waals surface area contributed by atoms with Crippen LogP contribution in [0, 0.1) is 11.8 Å². The number of rotatable bonds is 2. The van der Waals surface area contributed by atoms with E-state index in [0.717, 1.165) is 35.1 Å². The lowest BCUT2D eigenvalue weighted by atomic mass is 9.88. The monoisotopic (exact) mass is 245 g/mol. The molecule has 2 rings (SSSR count). The highest BCUT2D eigenvalue weighted by atomic mass is 16.4. The number of hydrogen-bond donors (Lipinski definition) is 0. The molecule has 96 valence electrons. The van der Waals surface area contributed by atoms with Crippen LogP contribution in [-0.4, -0.2) is 11.8 Å². The molecule has 0 spiro atoms. The Kier molecular flexibility index (Phi) is 3.24. The van der Waals surface area contributed by atoms with Crippen LogP contribution in [-0.2, 0) is 9.59 Å². The Balaban J connectivity index is 2.42. The van der Waals surface area contributed by atoms with E-state index < -0.39 is 11.9 Å². The van der Waals surface area contributed by atoms with Gasteiger partial charge in [-0.15, -0.1) is 0 Å². The first-order chi connectivity index (χ1) is 8.41. The van der Waals surface area contributed by atoms with E-state index in [1.165, 1.54) is 0 Å². The number of carbonyl (C=O) groups excluding carboxylic acids is 2. The van der Waals surface area contributed by atoms with Crippen LogP contribution < -0.4 is 5.11 Å². The molecule has 0 aromatic carbocycles. The Morgan fingerprint density at radius 2 is 2.11 bits per heavy atom.